The molecule has 1 aromatic carbocycles. The molecular weight excluding hydrogens is 168 g/mol. The largest absolute Gasteiger partial charge is 0.444 e. The number of ether oxygens (including phenoxy) is 1. The van der Waals surface area contributed by atoms with Crippen molar-refractivity contribution in [2.45, 2.75) is 6.61 Å². The Morgan fingerprint density at radius 3 is 3.15 bits per heavy atom. The Balaban J connectivity index is 2.45. The van der Waals surface area contributed by atoms with Gasteiger partial charge >= 0.3 is 6.09 Å². The molecule has 4 nitrogen and oxygen atoms in total. The Bertz CT molecular complexity index is 407. The van der Waals surface area contributed by atoms with Gasteiger partial charge in [0, 0.05) is 5.56 Å². The van der Waals surface area contributed by atoms with Crippen LogP contribution in [0.4, 0.5) is 10.5 Å². The number of nitriles is 1. The zero-order valence-corrected chi connectivity index (χ0v) is 6.70. The van der Waals surface area contributed by atoms with E-state index in [0.717, 1.165) is 5.56 Å². The van der Waals surface area contributed by atoms with Crippen molar-refractivity contribution < 1.29 is 9.53 Å². The predicted octanol–water partition coefficient (Wildman–Crippen LogP) is 1.62. The van der Waals surface area contributed by atoms with E-state index in [4.69, 9.17) is 10.00 Å². The van der Waals surface area contributed by atoms with Gasteiger partial charge in [-0.25, -0.2) is 4.79 Å². The second-order valence-electron chi connectivity index (χ2n) is 2.68. The average Bonchev–Trinajstić information content (AvgIpc) is 2.16. The molecular formula is C9H6N2O2. The summed E-state index contributed by atoms with van der Waals surface area (Å²) >= 11 is 0. The molecule has 1 N–H and O–H groups in total. The summed E-state index contributed by atoms with van der Waals surface area (Å²) in [5, 5.41) is 11.1. The summed E-state index contributed by atoms with van der Waals surface area (Å²) in [6.45, 7) is 0.271. The molecule has 13 heavy (non-hydrogen) atoms. The fourth-order valence-electron chi connectivity index (χ4n) is 1.18. The molecule has 1 heterocycles. The van der Waals surface area contributed by atoms with Gasteiger partial charge in [-0.2, -0.15) is 5.26 Å². The third-order valence-electron chi connectivity index (χ3n) is 1.83. The summed E-state index contributed by atoms with van der Waals surface area (Å²) in [6.07, 6.45) is -0.470. The summed E-state index contributed by atoms with van der Waals surface area (Å²) in [4.78, 5) is 10.8. The first-order valence-corrected chi connectivity index (χ1v) is 3.76. The van der Waals surface area contributed by atoms with Crippen molar-refractivity contribution in [2.75, 3.05) is 5.32 Å². The number of hydrogen-bond donors (Lipinski definition) is 1. The van der Waals surface area contributed by atoms with Crippen LogP contribution in [0.1, 0.15) is 11.1 Å². The van der Waals surface area contributed by atoms with E-state index in [0.29, 0.717) is 11.3 Å². The number of benzene rings is 1. The summed E-state index contributed by atoms with van der Waals surface area (Å²) in [5.74, 6) is 0. The lowest BCUT2D eigenvalue weighted by molar-refractivity contribution is 0.151. The Morgan fingerprint density at radius 2 is 2.38 bits per heavy atom. The lowest BCUT2D eigenvalue weighted by Gasteiger charge is -2.16. The van der Waals surface area contributed by atoms with Crippen molar-refractivity contribution in [1.82, 2.24) is 0 Å². The topological polar surface area (TPSA) is 62.1 Å². The molecule has 0 saturated carbocycles. The molecule has 0 bridgehead atoms. The van der Waals surface area contributed by atoms with Gasteiger partial charge in [0.15, 0.2) is 0 Å². The van der Waals surface area contributed by atoms with Gasteiger partial charge in [-0.05, 0) is 12.1 Å². The highest BCUT2D eigenvalue weighted by atomic mass is 16.5. The van der Waals surface area contributed by atoms with Gasteiger partial charge in [-0.3, -0.25) is 5.32 Å². The molecule has 0 aromatic heterocycles. The van der Waals surface area contributed by atoms with E-state index in [9.17, 15) is 4.79 Å². The molecule has 1 aliphatic heterocycles. The number of amides is 1. The van der Waals surface area contributed by atoms with Crippen LogP contribution in [0.25, 0.3) is 0 Å². The number of cyclic esters (lactones) is 1. The number of carbonyl (C=O) groups is 1. The summed E-state index contributed by atoms with van der Waals surface area (Å²) in [5.41, 5.74) is 2.08. The van der Waals surface area contributed by atoms with E-state index in [-0.39, 0.29) is 6.61 Å². The molecule has 0 aliphatic carbocycles. The van der Waals surface area contributed by atoms with Gasteiger partial charge in [0.2, 0.25) is 0 Å². The Hall–Kier alpha value is -2.02. The molecule has 1 aromatic rings. The highest BCUT2D eigenvalue weighted by Gasteiger charge is 2.15. The Labute approximate surface area is 74.7 Å². The van der Waals surface area contributed by atoms with Crippen molar-refractivity contribution in [1.29, 1.82) is 5.26 Å². The molecule has 64 valence electrons. The maximum absolute atomic E-state index is 10.8. The van der Waals surface area contributed by atoms with Crippen LogP contribution >= 0.6 is 0 Å². The monoisotopic (exact) mass is 174 g/mol. The fraction of sp³-hybridized carbons (Fsp3) is 0.111. The minimum atomic E-state index is -0.470. The standard InChI is InChI=1S/C9H6N2O2/c10-4-6-1-2-7-5-13-9(12)11-8(7)3-6/h1-3H,5H2,(H,11,12). The van der Waals surface area contributed by atoms with Crippen molar-refractivity contribution in [2.24, 2.45) is 0 Å². The smallest absolute Gasteiger partial charge is 0.411 e. The van der Waals surface area contributed by atoms with E-state index in [1.165, 1.54) is 0 Å². The molecule has 0 saturated heterocycles. The highest BCUT2D eigenvalue weighted by Crippen LogP contribution is 2.22. The van der Waals surface area contributed by atoms with Crippen LogP contribution in [0.15, 0.2) is 18.2 Å². The van der Waals surface area contributed by atoms with Gasteiger partial charge in [0.1, 0.15) is 6.61 Å². The van der Waals surface area contributed by atoms with E-state index in [2.05, 4.69) is 5.32 Å². The van der Waals surface area contributed by atoms with Crippen LogP contribution in [-0.4, -0.2) is 6.09 Å². The summed E-state index contributed by atoms with van der Waals surface area (Å²) in [6, 6.07) is 7.10. The first-order valence-electron chi connectivity index (χ1n) is 3.76. The summed E-state index contributed by atoms with van der Waals surface area (Å²) in [7, 11) is 0. The van der Waals surface area contributed by atoms with Gasteiger partial charge in [0.05, 0.1) is 17.3 Å². The van der Waals surface area contributed by atoms with E-state index >= 15 is 0 Å². The SMILES string of the molecule is N#Cc1ccc2c(c1)NC(=O)OC2. The quantitative estimate of drug-likeness (QED) is 0.650. The third kappa shape index (κ3) is 1.32. The number of nitrogens with zero attached hydrogens (tertiary/aromatic N) is 1. The molecule has 0 atom stereocenters. The Morgan fingerprint density at radius 1 is 1.54 bits per heavy atom. The van der Waals surface area contributed by atoms with Crippen LogP contribution in [0, 0.1) is 11.3 Å². The molecule has 0 radical (unpaired) electrons. The van der Waals surface area contributed by atoms with Crippen LogP contribution in [-0.2, 0) is 11.3 Å². The number of fused-ring (bicyclic) bond motifs is 1. The zero-order chi connectivity index (χ0) is 9.26. The number of nitrogens with one attached hydrogen (secondary N) is 1. The Kier molecular flexibility index (Phi) is 1.64. The third-order valence-corrected chi connectivity index (χ3v) is 1.83. The maximum Gasteiger partial charge on any atom is 0.411 e. The first-order chi connectivity index (χ1) is 6.29. The molecule has 4 heteroatoms. The van der Waals surface area contributed by atoms with Gasteiger partial charge in [-0.1, -0.05) is 6.07 Å². The maximum atomic E-state index is 10.8. The molecule has 1 aliphatic rings. The van der Waals surface area contributed by atoms with Crippen LogP contribution in [0.3, 0.4) is 0 Å². The van der Waals surface area contributed by atoms with Crippen LogP contribution in [0.2, 0.25) is 0 Å². The molecule has 0 fully saturated rings. The predicted molar refractivity (Wildman–Crippen MR) is 45.0 cm³/mol. The lowest BCUT2D eigenvalue weighted by Crippen LogP contribution is -2.20. The minimum Gasteiger partial charge on any atom is -0.444 e. The lowest BCUT2D eigenvalue weighted by atomic mass is 10.1. The fourth-order valence-corrected chi connectivity index (χ4v) is 1.18. The number of rotatable bonds is 0. The van der Waals surface area contributed by atoms with E-state index < -0.39 is 6.09 Å². The van der Waals surface area contributed by atoms with Gasteiger partial charge in [0.25, 0.3) is 0 Å². The first kappa shape index (κ1) is 7.62. The molecule has 0 spiro atoms. The minimum absolute atomic E-state index is 0.271. The van der Waals surface area contributed by atoms with Gasteiger partial charge in [-0.15, -0.1) is 0 Å². The highest BCUT2D eigenvalue weighted by molar-refractivity contribution is 5.87. The van der Waals surface area contributed by atoms with E-state index in [1.807, 2.05) is 6.07 Å². The second kappa shape index (κ2) is 2.79. The van der Waals surface area contributed by atoms with Crippen molar-refractivity contribution in [3.63, 3.8) is 0 Å². The average molecular weight is 174 g/mol. The van der Waals surface area contributed by atoms with Crippen molar-refractivity contribution in [3.05, 3.63) is 29.3 Å². The zero-order valence-electron chi connectivity index (χ0n) is 6.70. The normalized spacial score (nSPS) is 13.6. The number of hydrogen-bond acceptors (Lipinski definition) is 3. The van der Waals surface area contributed by atoms with Gasteiger partial charge < -0.3 is 4.74 Å². The molecule has 1 amide bonds. The molecule has 0 unspecified atom stereocenters. The van der Waals surface area contributed by atoms with Crippen molar-refractivity contribution >= 4 is 11.8 Å². The second-order valence-corrected chi connectivity index (χ2v) is 2.68. The molecule has 2 rings (SSSR count). The van der Waals surface area contributed by atoms with E-state index in [1.54, 1.807) is 18.2 Å². The van der Waals surface area contributed by atoms with Crippen molar-refractivity contribution in [3.8, 4) is 6.07 Å². The van der Waals surface area contributed by atoms with Crippen LogP contribution in [0.5, 0.6) is 0 Å². The van der Waals surface area contributed by atoms with Crippen LogP contribution < -0.4 is 5.32 Å². The summed E-state index contributed by atoms with van der Waals surface area (Å²) < 4.78 is 4.74. The number of carbonyl (C=O) groups excluding carboxylic acids is 1. The number of anilines is 1.